The molecule has 0 radical (unpaired) electrons. The highest BCUT2D eigenvalue weighted by atomic mass is 35.5. The standard InChI is InChI=1S/C16H20ClNO3/c1-10-3-4-12(9-14(10)17)5-6-15(19)18-8-7-13(11(18)2)16(20)21/h3-4,9,11,13H,5-8H2,1-2H3,(H,20,21). The summed E-state index contributed by atoms with van der Waals surface area (Å²) in [6, 6.07) is 5.58. The van der Waals surface area contributed by atoms with Crippen LogP contribution in [0.3, 0.4) is 0 Å². The lowest BCUT2D eigenvalue weighted by atomic mass is 10.0. The number of carboxylic acid groups (broad SMARTS) is 1. The Hall–Kier alpha value is -1.55. The fraction of sp³-hybridized carbons (Fsp3) is 0.500. The summed E-state index contributed by atoms with van der Waals surface area (Å²) < 4.78 is 0. The number of carbonyl (C=O) groups excluding carboxylic acids is 1. The fourth-order valence-electron chi connectivity index (χ4n) is 2.81. The molecule has 4 nitrogen and oxygen atoms in total. The molecule has 114 valence electrons. The summed E-state index contributed by atoms with van der Waals surface area (Å²) in [6.07, 6.45) is 1.55. The molecular formula is C16H20ClNO3. The molecule has 5 heteroatoms. The normalized spacial score (nSPS) is 21.6. The molecule has 0 aliphatic carbocycles. The van der Waals surface area contributed by atoms with Gasteiger partial charge in [-0.25, -0.2) is 0 Å². The Kier molecular flexibility index (Phi) is 4.88. The molecule has 0 aromatic heterocycles. The van der Waals surface area contributed by atoms with Gasteiger partial charge in [-0.15, -0.1) is 0 Å². The predicted molar refractivity (Wildman–Crippen MR) is 81.4 cm³/mol. The summed E-state index contributed by atoms with van der Waals surface area (Å²) in [5.41, 5.74) is 2.05. The van der Waals surface area contributed by atoms with E-state index in [1.54, 1.807) is 4.90 Å². The van der Waals surface area contributed by atoms with E-state index < -0.39 is 11.9 Å². The van der Waals surface area contributed by atoms with Crippen molar-refractivity contribution in [2.75, 3.05) is 6.54 Å². The largest absolute Gasteiger partial charge is 0.481 e. The number of nitrogens with zero attached hydrogens (tertiary/aromatic N) is 1. The summed E-state index contributed by atoms with van der Waals surface area (Å²) in [4.78, 5) is 25.0. The maximum absolute atomic E-state index is 12.2. The zero-order chi connectivity index (χ0) is 15.6. The first-order chi connectivity index (χ1) is 9.90. The first-order valence-electron chi connectivity index (χ1n) is 7.17. The van der Waals surface area contributed by atoms with Crippen molar-refractivity contribution in [3.8, 4) is 0 Å². The minimum absolute atomic E-state index is 0.0166. The summed E-state index contributed by atoms with van der Waals surface area (Å²) in [5, 5.41) is 9.80. The van der Waals surface area contributed by atoms with E-state index in [1.807, 2.05) is 32.0 Å². The number of hydrogen-bond donors (Lipinski definition) is 1. The average Bonchev–Trinajstić information content (AvgIpc) is 2.82. The van der Waals surface area contributed by atoms with Crippen molar-refractivity contribution in [2.24, 2.45) is 5.92 Å². The van der Waals surface area contributed by atoms with Gasteiger partial charge in [0.05, 0.1) is 5.92 Å². The fourth-order valence-corrected chi connectivity index (χ4v) is 3.01. The minimum Gasteiger partial charge on any atom is -0.481 e. The van der Waals surface area contributed by atoms with Gasteiger partial charge in [0.1, 0.15) is 0 Å². The number of aryl methyl sites for hydroxylation is 2. The third-order valence-corrected chi connectivity index (χ3v) is 4.66. The molecule has 1 aliphatic rings. The zero-order valence-electron chi connectivity index (χ0n) is 12.3. The number of hydrogen-bond acceptors (Lipinski definition) is 2. The van der Waals surface area contributed by atoms with Gasteiger partial charge in [0, 0.05) is 24.0 Å². The van der Waals surface area contributed by atoms with Crippen molar-refractivity contribution in [3.05, 3.63) is 34.3 Å². The van der Waals surface area contributed by atoms with Crippen molar-refractivity contribution < 1.29 is 14.7 Å². The lowest BCUT2D eigenvalue weighted by Crippen LogP contribution is -2.37. The smallest absolute Gasteiger partial charge is 0.308 e. The van der Waals surface area contributed by atoms with Crippen LogP contribution in [0.2, 0.25) is 5.02 Å². The van der Waals surface area contributed by atoms with E-state index in [9.17, 15) is 9.59 Å². The number of likely N-dealkylation sites (tertiary alicyclic amines) is 1. The Labute approximate surface area is 129 Å². The van der Waals surface area contributed by atoms with Crippen LogP contribution in [-0.2, 0) is 16.0 Å². The number of amides is 1. The van der Waals surface area contributed by atoms with Crippen molar-refractivity contribution >= 4 is 23.5 Å². The van der Waals surface area contributed by atoms with Crippen LogP contribution in [0, 0.1) is 12.8 Å². The van der Waals surface area contributed by atoms with E-state index in [4.69, 9.17) is 16.7 Å². The summed E-state index contributed by atoms with van der Waals surface area (Å²) in [5.74, 6) is -1.24. The molecule has 1 heterocycles. The van der Waals surface area contributed by atoms with E-state index in [2.05, 4.69) is 0 Å². The van der Waals surface area contributed by atoms with Crippen LogP contribution in [0.5, 0.6) is 0 Å². The molecule has 2 rings (SSSR count). The van der Waals surface area contributed by atoms with Crippen LogP contribution in [0.25, 0.3) is 0 Å². The molecule has 2 unspecified atom stereocenters. The number of carboxylic acids is 1. The molecule has 0 saturated carbocycles. The molecule has 1 saturated heterocycles. The van der Waals surface area contributed by atoms with Gasteiger partial charge >= 0.3 is 5.97 Å². The Morgan fingerprint density at radius 2 is 2.14 bits per heavy atom. The summed E-state index contributed by atoms with van der Waals surface area (Å²) >= 11 is 6.07. The van der Waals surface area contributed by atoms with Crippen LogP contribution in [-0.4, -0.2) is 34.5 Å². The number of aliphatic carboxylic acids is 1. The van der Waals surface area contributed by atoms with E-state index in [1.165, 1.54) is 0 Å². The topological polar surface area (TPSA) is 57.6 Å². The highest BCUT2D eigenvalue weighted by Crippen LogP contribution is 2.25. The summed E-state index contributed by atoms with van der Waals surface area (Å²) in [6.45, 7) is 4.28. The quantitative estimate of drug-likeness (QED) is 0.930. The Morgan fingerprint density at radius 3 is 2.71 bits per heavy atom. The number of carbonyl (C=O) groups is 2. The van der Waals surface area contributed by atoms with Crippen LogP contribution in [0.15, 0.2) is 18.2 Å². The highest BCUT2D eigenvalue weighted by molar-refractivity contribution is 6.31. The molecule has 1 aliphatic heterocycles. The maximum atomic E-state index is 12.2. The van der Waals surface area contributed by atoms with Crippen LogP contribution in [0.4, 0.5) is 0 Å². The molecular weight excluding hydrogens is 290 g/mol. The lowest BCUT2D eigenvalue weighted by molar-refractivity contribution is -0.143. The number of halogens is 1. The second-order valence-corrected chi connectivity index (χ2v) is 6.05. The van der Waals surface area contributed by atoms with Gasteiger partial charge in [-0.2, -0.15) is 0 Å². The predicted octanol–water partition coefficient (Wildman–Crippen LogP) is 2.90. The van der Waals surface area contributed by atoms with Gasteiger partial charge in [0.25, 0.3) is 0 Å². The molecule has 2 atom stereocenters. The first-order valence-corrected chi connectivity index (χ1v) is 7.55. The Balaban J connectivity index is 1.93. The molecule has 1 N–H and O–H groups in total. The molecule has 1 amide bonds. The Bertz CT molecular complexity index is 558. The van der Waals surface area contributed by atoms with E-state index in [-0.39, 0.29) is 11.9 Å². The minimum atomic E-state index is -0.817. The van der Waals surface area contributed by atoms with Crippen LogP contribution < -0.4 is 0 Å². The maximum Gasteiger partial charge on any atom is 0.308 e. The Morgan fingerprint density at radius 1 is 1.43 bits per heavy atom. The number of benzene rings is 1. The molecule has 1 aromatic rings. The van der Waals surface area contributed by atoms with Gasteiger partial charge in [0.2, 0.25) is 5.91 Å². The first kappa shape index (κ1) is 15.8. The van der Waals surface area contributed by atoms with E-state index in [0.29, 0.717) is 30.8 Å². The SMILES string of the molecule is Cc1ccc(CCC(=O)N2CCC(C(=O)O)C2C)cc1Cl. The average molecular weight is 310 g/mol. The molecule has 0 bridgehead atoms. The van der Waals surface area contributed by atoms with Crippen molar-refractivity contribution in [3.63, 3.8) is 0 Å². The number of rotatable bonds is 4. The van der Waals surface area contributed by atoms with Crippen molar-refractivity contribution in [1.29, 1.82) is 0 Å². The molecule has 0 spiro atoms. The third-order valence-electron chi connectivity index (χ3n) is 4.26. The zero-order valence-corrected chi connectivity index (χ0v) is 13.1. The van der Waals surface area contributed by atoms with Crippen LogP contribution in [0.1, 0.15) is 30.9 Å². The van der Waals surface area contributed by atoms with Gasteiger partial charge in [-0.05, 0) is 43.9 Å². The second-order valence-electron chi connectivity index (χ2n) is 5.64. The van der Waals surface area contributed by atoms with Crippen molar-refractivity contribution in [1.82, 2.24) is 4.90 Å². The molecule has 1 aromatic carbocycles. The van der Waals surface area contributed by atoms with Crippen molar-refractivity contribution in [2.45, 2.75) is 39.2 Å². The summed E-state index contributed by atoms with van der Waals surface area (Å²) in [7, 11) is 0. The second kappa shape index (κ2) is 6.48. The van der Waals surface area contributed by atoms with Crippen LogP contribution >= 0.6 is 11.6 Å². The molecule has 1 fully saturated rings. The van der Waals surface area contributed by atoms with Gasteiger partial charge in [0.15, 0.2) is 0 Å². The monoisotopic (exact) mass is 309 g/mol. The van der Waals surface area contributed by atoms with E-state index >= 15 is 0 Å². The highest BCUT2D eigenvalue weighted by Gasteiger charge is 2.37. The molecule has 21 heavy (non-hydrogen) atoms. The van der Waals surface area contributed by atoms with Gasteiger partial charge < -0.3 is 10.0 Å². The van der Waals surface area contributed by atoms with Gasteiger partial charge in [-0.3, -0.25) is 9.59 Å². The van der Waals surface area contributed by atoms with Gasteiger partial charge in [-0.1, -0.05) is 23.7 Å². The lowest BCUT2D eigenvalue weighted by Gasteiger charge is -2.23. The third kappa shape index (κ3) is 3.56. The van der Waals surface area contributed by atoms with E-state index in [0.717, 1.165) is 11.1 Å².